The Balaban J connectivity index is 1.20. The first-order valence-electron chi connectivity index (χ1n) is 12.9. The summed E-state index contributed by atoms with van der Waals surface area (Å²) >= 11 is 6.55. The van der Waals surface area contributed by atoms with Crippen molar-refractivity contribution in [1.82, 2.24) is 24.8 Å². The van der Waals surface area contributed by atoms with Crippen molar-refractivity contribution in [2.75, 3.05) is 44.0 Å². The van der Waals surface area contributed by atoms with Crippen LogP contribution in [0.15, 0.2) is 42.7 Å². The third-order valence-electron chi connectivity index (χ3n) is 7.13. The maximum atomic E-state index is 12.0. The van der Waals surface area contributed by atoms with E-state index in [1.54, 1.807) is 13.2 Å². The van der Waals surface area contributed by atoms with Gasteiger partial charge in [-0.15, -0.1) is 0 Å². The van der Waals surface area contributed by atoms with Crippen LogP contribution in [0.4, 0.5) is 11.5 Å². The normalized spacial score (nSPS) is 13.9. The molecule has 0 aliphatic carbocycles. The molecule has 39 heavy (non-hydrogen) atoms. The van der Waals surface area contributed by atoms with Gasteiger partial charge in [0, 0.05) is 44.5 Å². The second-order valence-corrected chi connectivity index (χ2v) is 9.88. The largest absolute Gasteiger partial charge is 0.497 e. The molecule has 1 aliphatic rings. The predicted molar refractivity (Wildman–Crippen MR) is 152 cm³/mol. The minimum atomic E-state index is 0.169. The number of aromatic amines is 1. The van der Waals surface area contributed by atoms with Gasteiger partial charge in [-0.1, -0.05) is 11.6 Å². The van der Waals surface area contributed by atoms with Crippen molar-refractivity contribution < 1.29 is 14.3 Å². The van der Waals surface area contributed by atoms with E-state index in [1.807, 2.05) is 49.2 Å². The Morgan fingerprint density at radius 1 is 1.21 bits per heavy atom. The first-order valence-corrected chi connectivity index (χ1v) is 13.3. The van der Waals surface area contributed by atoms with Crippen LogP contribution in [0.3, 0.4) is 0 Å². The van der Waals surface area contributed by atoms with E-state index in [9.17, 15) is 4.79 Å². The quantitative estimate of drug-likeness (QED) is 0.271. The van der Waals surface area contributed by atoms with E-state index in [4.69, 9.17) is 21.1 Å². The van der Waals surface area contributed by atoms with E-state index in [1.165, 1.54) is 6.33 Å². The van der Waals surface area contributed by atoms with Crippen LogP contribution in [0, 0.1) is 6.92 Å². The zero-order chi connectivity index (χ0) is 27.4. The van der Waals surface area contributed by atoms with Crippen LogP contribution in [0.1, 0.15) is 24.2 Å². The zero-order valence-corrected chi connectivity index (χ0v) is 23.0. The van der Waals surface area contributed by atoms with E-state index in [2.05, 4.69) is 30.2 Å². The minimum Gasteiger partial charge on any atom is -0.497 e. The number of piperidine rings is 1. The first kappa shape index (κ1) is 26.6. The summed E-state index contributed by atoms with van der Waals surface area (Å²) in [7, 11) is 3.56. The third-order valence-corrected chi connectivity index (χ3v) is 7.50. The van der Waals surface area contributed by atoms with Gasteiger partial charge in [0.1, 0.15) is 40.0 Å². The van der Waals surface area contributed by atoms with E-state index in [0.29, 0.717) is 28.7 Å². The number of benzene rings is 2. The molecule has 0 unspecified atom stereocenters. The highest BCUT2D eigenvalue weighted by atomic mass is 35.5. The summed E-state index contributed by atoms with van der Waals surface area (Å²) in [5.41, 5.74) is 3.68. The number of ether oxygens (including phenoxy) is 2. The van der Waals surface area contributed by atoms with Crippen LogP contribution in [-0.4, -0.2) is 71.1 Å². The molecule has 3 heterocycles. The summed E-state index contributed by atoms with van der Waals surface area (Å²) in [4.78, 5) is 32.5. The maximum absolute atomic E-state index is 12.0. The number of hydrogen-bond donors (Lipinski definition) is 2. The van der Waals surface area contributed by atoms with Crippen LogP contribution in [0.25, 0.3) is 11.0 Å². The van der Waals surface area contributed by atoms with Crippen molar-refractivity contribution in [1.29, 1.82) is 0 Å². The molecular weight excluding hydrogens is 518 g/mol. The number of halogens is 1. The number of fused-ring (bicyclic) bond motifs is 1. The number of H-pyrrole nitrogens is 1. The molecule has 2 aromatic heterocycles. The molecule has 0 spiro atoms. The van der Waals surface area contributed by atoms with Gasteiger partial charge in [0.2, 0.25) is 12.3 Å². The number of carbonyl (C=O) groups is 1. The molecule has 1 aliphatic heterocycles. The van der Waals surface area contributed by atoms with Gasteiger partial charge in [0.15, 0.2) is 0 Å². The van der Waals surface area contributed by atoms with Crippen molar-refractivity contribution in [3.63, 3.8) is 0 Å². The predicted octanol–water partition coefficient (Wildman–Crippen LogP) is 4.83. The number of carbonyl (C=O) groups excluding carboxylic acids is 1. The van der Waals surface area contributed by atoms with Gasteiger partial charge in [-0.2, -0.15) is 0 Å². The van der Waals surface area contributed by atoms with E-state index in [0.717, 1.165) is 72.9 Å². The second-order valence-electron chi connectivity index (χ2n) is 9.50. The van der Waals surface area contributed by atoms with Crippen LogP contribution < -0.4 is 19.7 Å². The molecule has 2 aromatic carbocycles. The fourth-order valence-corrected chi connectivity index (χ4v) is 5.29. The summed E-state index contributed by atoms with van der Waals surface area (Å²) in [5, 5.41) is 3.65. The van der Waals surface area contributed by atoms with E-state index < -0.39 is 0 Å². The Kier molecular flexibility index (Phi) is 8.02. The highest BCUT2D eigenvalue weighted by molar-refractivity contribution is 6.36. The molecule has 5 rings (SSSR count). The number of nitrogens with zero attached hydrogens (tertiary/aromatic N) is 5. The van der Waals surface area contributed by atoms with Crippen molar-refractivity contribution in [2.24, 2.45) is 0 Å². The standard InChI is InChI=1S/C28H32ClN7O3/c1-18-33-23-6-7-24(27(29)28(23)34-18)39-26-15-25(31-16-32-26)35-12-9-20(10-13-35)36(17-37)11-8-19-14-21(38-3)4-5-22(19)30-2/h4-7,14-17,20,30H,8-13H2,1-3H3,(H,33,34). The number of methoxy groups -OCH3 is 1. The van der Waals surface area contributed by atoms with Crippen LogP contribution in [0.5, 0.6) is 17.4 Å². The van der Waals surface area contributed by atoms with Crippen molar-refractivity contribution in [3.05, 3.63) is 59.1 Å². The molecule has 1 fully saturated rings. The number of hydrogen-bond acceptors (Lipinski definition) is 8. The topological polar surface area (TPSA) is 109 Å². The molecule has 1 saturated heterocycles. The Hall–Kier alpha value is -4.05. The summed E-state index contributed by atoms with van der Waals surface area (Å²) in [5.74, 6) is 3.26. The molecule has 2 N–H and O–H groups in total. The smallest absolute Gasteiger partial charge is 0.224 e. The SMILES string of the molecule is CNc1ccc(OC)cc1CCN(C=O)C1CCN(c2cc(Oc3ccc4[nH]c(C)nc4c3Cl)ncn2)CC1. The molecular formula is C28H32ClN7O3. The summed E-state index contributed by atoms with van der Waals surface area (Å²) in [6, 6.07) is 11.6. The molecule has 204 valence electrons. The lowest BCUT2D eigenvalue weighted by Crippen LogP contribution is -2.45. The monoisotopic (exact) mass is 549 g/mol. The number of amides is 1. The van der Waals surface area contributed by atoms with Gasteiger partial charge in [-0.25, -0.2) is 15.0 Å². The number of aromatic nitrogens is 4. The summed E-state index contributed by atoms with van der Waals surface area (Å²) in [6.45, 7) is 4.06. The number of imidazole rings is 1. The molecule has 0 bridgehead atoms. The van der Waals surface area contributed by atoms with Crippen LogP contribution in [-0.2, 0) is 11.2 Å². The van der Waals surface area contributed by atoms with E-state index in [-0.39, 0.29) is 6.04 Å². The first-order chi connectivity index (χ1) is 19.0. The Labute approximate surface area is 232 Å². The molecule has 1 amide bonds. The number of anilines is 2. The van der Waals surface area contributed by atoms with Crippen molar-refractivity contribution in [2.45, 2.75) is 32.2 Å². The van der Waals surface area contributed by atoms with Crippen LogP contribution in [0.2, 0.25) is 5.02 Å². The van der Waals surface area contributed by atoms with E-state index >= 15 is 0 Å². The van der Waals surface area contributed by atoms with Gasteiger partial charge >= 0.3 is 0 Å². The third kappa shape index (κ3) is 5.85. The molecule has 0 radical (unpaired) electrons. The summed E-state index contributed by atoms with van der Waals surface area (Å²) in [6.07, 6.45) is 4.89. The minimum absolute atomic E-state index is 0.169. The maximum Gasteiger partial charge on any atom is 0.224 e. The highest BCUT2D eigenvalue weighted by Gasteiger charge is 2.25. The van der Waals surface area contributed by atoms with Gasteiger partial charge in [-0.05, 0) is 62.1 Å². The summed E-state index contributed by atoms with van der Waals surface area (Å²) < 4.78 is 11.4. The van der Waals surface area contributed by atoms with Gasteiger partial charge in [-0.3, -0.25) is 4.79 Å². The molecule has 10 nitrogen and oxygen atoms in total. The molecule has 11 heteroatoms. The van der Waals surface area contributed by atoms with Gasteiger partial charge < -0.3 is 29.6 Å². The van der Waals surface area contributed by atoms with Gasteiger partial charge in [0.05, 0.1) is 12.6 Å². The molecule has 0 saturated carbocycles. The fraction of sp³-hybridized carbons (Fsp3) is 0.357. The van der Waals surface area contributed by atoms with Gasteiger partial charge in [0.25, 0.3) is 0 Å². The van der Waals surface area contributed by atoms with Crippen LogP contribution >= 0.6 is 11.6 Å². The van der Waals surface area contributed by atoms with Crippen molar-refractivity contribution in [3.8, 4) is 17.4 Å². The van der Waals surface area contributed by atoms with Crippen molar-refractivity contribution >= 4 is 40.5 Å². The number of aryl methyl sites for hydroxylation is 1. The highest BCUT2D eigenvalue weighted by Crippen LogP contribution is 2.35. The Morgan fingerprint density at radius 3 is 2.77 bits per heavy atom. The lowest BCUT2D eigenvalue weighted by atomic mass is 10.0. The molecule has 0 atom stereocenters. The average molecular weight is 550 g/mol. The molecule has 4 aromatic rings. The average Bonchev–Trinajstić information content (AvgIpc) is 3.36. The Morgan fingerprint density at radius 2 is 2.03 bits per heavy atom. The number of rotatable bonds is 10. The second kappa shape index (κ2) is 11.8. The number of nitrogens with one attached hydrogen (secondary N) is 2. The lowest BCUT2D eigenvalue weighted by molar-refractivity contribution is -0.120. The fourth-order valence-electron chi connectivity index (χ4n) is 5.04. The Bertz CT molecular complexity index is 1450. The zero-order valence-electron chi connectivity index (χ0n) is 22.3. The lowest BCUT2D eigenvalue weighted by Gasteiger charge is -2.37.